The lowest BCUT2D eigenvalue weighted by molar-refractivity contribution is 0.295. The summed E-state index contributed by atoms with van der Waals surface area (Å²) in [5, 5.41) is 3.58. The number of hydrogen-bond acceptors (Lipinski definition) is 2. The van der Waals surface area contributed by atoms with Crippen molar-refractivity contribution < 1.29 is 0 Å². The molecule has 0 spiro atoms. The van der Waals surface area contributed by atoms with E-state index in [1.165, 1.54) is 11.1 Å². The van der Waals surface area contributed by atoms with Crippen LogP contribution in [0.15, 0.2) is 24.3 Å². The van der Waals surface area contributed by atoms with E-state index in [1.54, 1.807) is 0 Å². The first-order valence-corrected chi connectivity index (χ1v) is 6.53. The van der Waals surface area contributed by atoms with Gasteiger partial charge in [0.2, 0.25) is 0 Å². The van der Waals surface area contributed by atoms with Crippen molar-refractivity contribution in [3.05, 3.63) is 35.4 Å². The molecular formula is C15H26N2. The molecule has 0 aliphatic carbocycles. The van der Waals surface area contributed by atoms with Crippen LogP contribution in [0, 0.1) is 0 Å². The fourth-order valence-corrected chi connectivity index (χ4v) is 1.69. The van der Waals surface area contributed by atoms with Gasteiger partial charge in [0.15, 0.2) is 0 Å². The summed E-state index contributed by atoms with van der Waals surface area (Å²) in [7, 11) is 4.24. The number of benzene rings is 1. The molecule has 0 aliphatic heterocycles. The second kappa shape index (κ2) is 6.77. The van der Waals surface area contributed by atoms with E-state index in [0.717, 1.165) is 13.0 Å². The van der Waals surface area contributed by atoms with Gasteiger partial charge in [-0.15, -0.1) is 0 Å². The lowest BCUT2D eigenvalue weighted by Crippen LogP contribution is -2.36. The molecule has 0 heterocycles. The highest BCUT2D eigenvalue weighted by atomic mass is 15.1. The van der Waals surface area contributed by atoms with Crippen LogP contribution in [0.5, 0.6) is 0 Å². The Morgan fingerprint density at radius 3 is 2.18 bits per heavy atom. The SMILES string of the molecule is CCc1ccc(C(C)NCC(C)N(C)C)cc1. The maximum absolute atomic E-state index is 3.58. The van der Waals surface area contributed by atoms with E-state index in [2.05, 4.69) is 69.3 Å². The monoisotopic (exact) mass is 234 g/mol. The molecule has 1 rings (SSSR count). The number of nitrogens with one attached hydrogen (secondary N) is 1. The molecule has 0 fully saturated rings. The molecule has 1 aromatic carbocycles. The van der Waals surface area contributed by atoms with Crippen molar-refractivity contribution in [1.82, 2.24) is 10.2 Å². The van der Waals surface area contributed by atoms with Crippen molar-refractivity contribution >= 4 is 0 Å². The van der Waals surface area contributed by atoms with Gasteiger partial charge in [0.1, 0.15) is 0 Å². The van der Waals surface area contributed by atoms with Crippen molar-refractivity contribution in [2.75, 3.05) is 20.6 Å². The minimum Gasteiger partial charge on any atom is -0.309 e. The molecule has 17 heavy (non-hydrogen) atoms. The molecule has 0 amide bonds. The normalized spacial score (nSPS) is 14.9. The van der Waals surface area contributed by atoms with Gasteiger partial charge in [-0.25, -0.2) is 0 Å². The quantitative estimate of drug-likeness (QED) is 0.814. The molecule has 1 aromatic rings. The van der Waals surface area contributed by atoms with E-state index >= 15 is 0 Å². The van der Waals surface area contributed by atoms with Gasteiger partial charge < -0.3 is 10.2 Å². The van der Waals surface area contributed by atoms with E-state index in [0.29, 0.717) is 12.1 Å². The Kier molecular flexibility index (Phi) is 5.66. The molecule has 2 heteroatoms. The van der Waals surface area contributed by atoms with E-state index in [4.69, 9.17) is 0 Å². The fraction of sp³-hybridized carbons (Fsp3) is 0.600. The van der Waals surface area contributed by atoms with Crippen LogP contribution in [-0.4, -0.2) is 31.6 Å². The zero-order valence-corrected chi connectivity index (χ0v) is 11.8. The maximum atomic E-state index is 3.58. The third-order valence-electron chi connectivity index (χ3n) is 3.49. The number of rotatable bonds is 6. The standard InChI is InChI=1S/C15H26N2/c1-6-14-7-9-15(10-8-14)13(3)16-11-12(2)17(4)5/h7-10,12-13,16H,6,11H2,1-5H3. The highest BCUT2D eigenvalue weighted by Gasteiger charge is 2.08. The third-order valence-corrected chi connectivity index (χ3v) is 3.49. The zero-order valence-electron chi connectivity index (χ0n) is 11.8. The highest BCUT2D eigenvalue weighted by molar-refractivity contribution is 5.24. The molecule has 2 atom stereocenters. The van der Waals surface area contributed by atoms with Gasteiger partial charge in [-0.2, -0.15) is 0 Å². The number of likely N-dealkylation sites (N-methyl/N-ethyl adjacent to an activating group) is 1. The Hall–Kier alpha value is -0.860. The molecule has 1 N–H and O–H groups in total. The minimum absolute atomic E-state index is 0.420. The van der Waals surface area contributed by atoms with Crippen LogP contribution < -0.4 is 5.32 Å². The first-order valence-electron chi connectivity index (χ1n) is 6.53. The smallest absolute Gasteiger partial charge is 0.0292 e. The summed E-state index contributed by atoms with van der Waals surface area (Å²) in [6, 6.07) is 9.90. The summed E-state index contributed by atoms with van der Waals surface area (Å²) >= 11 is 0. The predicted octanol–water partition coefficient (Wildman–Crippen LogP) is 2.85. The Morgan fingerprint density at radius 1 is 1.12 bits per heavy atom. The molecule has 0 radical (unpaired) electrons. The van der Waals surface area contributed by atoms with Crippen LogP contribution in [0.1, 0.15) is 37.9 Å². The molecule has 0 bridgehead atoms. The average Bonchev–Trinajstić information content (AvgIpc) is 2.35. The molecule has 96 valence electrons. The van der Waals surface area contributed by atoms with Crippen molar-refractivity contribution in [2.45, 2.75) is 39.3 Å². The zero-order chi connectivity index (χ0) is 12.8. The largest absolute Gasteiger partial charge is 0.309 e. The van der Waals surface area contributed by atoms with Crippen molar-refractivity contribution in [1.29, 1.82) is 0 Å². The molecule has 2 nitrogen and oxygen atoms in total. The van der Waals surface area contributed by atoms with Crippen LogP contribution in [0.4, 0.5) is 0 Å². The summed E-state index contributed by atoms with van der Waals surface area (Å²) in [6.45, 7) is 7.67. The highest BCUT2D eigenvalue weighted by Crippen LogP contribution is 2.13. The Bertz CT molecular complexity index is 316. The summed E-state index contributed by atoms with van der Waals surface area (Å²) in [6.07, 6.45) is 1.11. The van der Waals surface area contributed by atoms with Gasteiger partial charge in [0.25, 0.3) is 0 Å². The van der Waals surface area contributed by atoms with E-state index in [9.17, 15) is 0 Å². The Labute approximate surface area is 106 Å². The lowest BCUT2D eigenvalue weighted by Gasteiger charge is -2.23. The van der Waals surface area contributed by atoms with Crippen molar-refractivity contribution in [3.8, 4) is 0 Å². The number of hydrogen-bond donors (Lipinski definition) is 1. The van der Waals surface area contributed by atoms with Gasteiger partial charge in [0.05, 0.1) is 0 Å². The van der Waals surface area contributed by atoms with Gasteiger partial charge in [-0.3, -0.25) is 0 Å². The molecule has 0 aliphatic rings. The molecular weight excluding hydrogens is 208 g/mol. The third kappa shape index (κ3) is 4.49. The van der Waals surface area contributed by atoms with Gasteiger partial charge in [0, 0.05) is 18.6 Å². The Balaban J connectivity index is 2.48. The number of aryl methyl sites for hydroxylation is 1. The number of nitrogens with zero attached hydrogens (tertiary/aromatic N) is 1. The van der Waals surface area contributed by atoms with Crippen LogP contribution in [0.25, 0.3) is 0 Å². The second-order valence-corrected chi connectivity index (χ2v) is 5.04. The lowest BCUT2D eigenvalue weighted by atomic mass is 10.0. The van der Waals surface area contributed by atoms with Crippen LogP contribution >= 0.6 is 0 Å². The minimum atomic E-state index is 0.420. The summed E-state index contributed by atoms with van der Waals surface area (Å²) in [4.78, 5) is 2.24. The maximum Gasteiger partial charge on any atom is 0.0292 e. The van der Waals surface area contributed by atoms with Gasteiger partial charge in [-0.05, 0) is 45.5 Å². The van der Waals surface area contributed by atoms with Crippen LogP contribution in [0.2, 0.25) is 0 Å². The molecule has 0 saturated heterocycles. The molecule has 0 saturated carbocycles. The topological polar surface area (TPSA) is 15.3 Å². The van der Waals surface area contributed by atoms with Crippen molar-refractivity contribution in [2.24, 2.45) is 0 Å². The van der Waals surface area contributed by atoms with E-state index in [-0.39, 0.29) is 0 Å². The Morgan fingerprint density at radius 2 is 1.71 bits per heavy atom. The molecule has 2 unspecified atom stereocenters. The first-order chi connectivity index (χ1) is 8.04. The van der Waals surface area contributed by atoms with Crippen LogP contribution in [0.3, 0.4) is 0 Å². The first kappa shape index (κ1) is 14.2. The van der Waals surface area contributed by atoms with Crippen molar-refractivity contribution in [3.63, 3.8) is 0 Å². The second-order valence-electron chi connectivity index (χ2n) is 5.04. The average molecular weight is 234 g/mol. The van der Waals surface area contributed by atoms with E-state index in [1.807, 2.05) is 0 Å². The summed E-state index contributed by atoms with van der Waals surface area (Å²) < 4.78 is 0. The summed E-state index contributed by atoms with van der Waals surface area (Å²) in [5.41, 5.74) is 2.77. The van der Waals surface area contributed by atoms with E-state index < -0.39 is 0 Å². The van der Waals surface area contributed by atoms with Crippen LogP contribution in [-0.2, 0) is 6.42 Å². The van der Waals surface area contributed by atoms with Gasteiger partial charge in [-0.1, -0.05) is 31.2 Å². The fourth-order valence-electron chi connectivity index (χ4n) is 1.69. The molecule has 0 aromatic heterocycles. The predicted molar refractivity (Wildman–Crippen MR) is 75.4 cm³/mol. The summed E-state index contributed by atoms with van der Waals surface area (Å²) in [5.74, 6) is 0. The van der Waals surface area contributed by atoms with Gasteiger partial charge >= 0.3 is 0 Å².